The first-order valence-electron chi connectivity index (χ1n) is 8.17. The first kappa shape index (κ1) is 18.4. The highest BCUT2D eigenvalue weighted by atomic mass is 35.5. The molecule has 130 valence electrons. The maximum atomic E-state index is 12.6. The molecule has 2 aromatic rings. The predicted molar refractivity (Wildman–Crippen MR) is 95.9 cm³/mol. The average Bonchev–Trinajstić information content (AvgIpc) is 2.60. The molecule has 0 saturated carbocycles. The van der Waals surface area contributed by atoms with E-state index in [4.69, 9.17) is 0 Å². The molecule has 0 aromatic carbocycles. The zero-order chi connectivity index (χ0) is 16.2. The van der Waals surface area contributed by atoms with Gasteiger partial charge in [0.15, 0.2) is 0 Å². The molecule has 0 radical (unpaired) electrons. The number of halogens is 1. The minimum absolute atomic E-state index is 0. The number of nitrogens with one attached hydrogen (secondary N) is 1. The van der Waals surface area contributed by atoms with Crippen molar-refractivity contribution in [2.75, 3.05) is 26.2 Å². The molecule has 3 heterocycles. The monoisotopic (exact) mass is 350 g/mol. The number of fused-ring (bicyclic) bond motifs is 1. The van der Waals surface area contributed by atoms with Crippen molar-refractivity contribution in [2.24, 2.45) is 5.92 Å². The maximum absolute atomic E-state index is 12.6. The summed E-state index contributed by atoms with van der Waals surface area (Å²) in [6.07, 6.45) is 5.00. The van der Waals surface area contributed by atoms with Gasteiger partial charge >= 0.3 is 0 Å². The van der Waals surface area contributed by atoms with Crippen LogP contribution in [0.1, 0.15) is 30.1 Å². The van der Waals surface area contributed by atoms with Crippen LogP contribution >= 0.6 is 12.4 Å². The zero-order valence-electron chi connectivity index (χ0n) is 13.8. The molecule has 1 N–H and O–H groups in total. The summed E-state index contributed by atoms with van der Waals surface area (Å²) in [6, 6.07) is 5.33. The summed E-state index contributed by atoms with van der Waals surface area (Å²) in [5.41, 5.74) is 0.410. The lowest BCUT2D eigenvalue weighted by Crippen LogP contribution is -2.42. The molecule has 0 atom stereocenters. The number of amides is 1. The molecule has 0 spiro atoms. The second-order valence-electron chi connectivity index (χ2n) is 5.95. The molecule has 0 unspecified atom stereocenters. The van der Waals surface area contributed by atoms with Gasteiger partial charge in [-0.3, -0.25) is 14.0 Å². The van der Waals surface area contributed by atoms with Crippen molar-refractivity contribution in [3.05, 3.63) is 46.5 Å². The van der Waals surface area contributed by atoms with E-state index in [0.717, 1.165) is 25.9 Å². The number of piperidine rings is 1. The molecule has 1 saturated heterocycles. The summed E-state index contributed by atoms with van der Waals surface area (Å²) in [5, 5.41) is 3.36. The largest absolute Gasteiger partial charge is 0.338 e. The first-order chi connectivity index (χ1) is 11.2. The lowest BCUT2D eigenvalue weighted by Gasteiger charge is -2.32. The van der Waals surface area contributed by atoms with Crippen molar-refractivity contribution in [2.45, 2.75) is 19.8 Å². The van der Waals surface area contributed by atoms with Gasteiger partial charge in [-0.1, -0.05) is 13.0 Å². The quantitative estimate of drug-likeness (QED) is 0.909. The average molecular weight is 351 g/mol. The Morgan fingerprint density at radius 3 is 2.79 bits per heavy atom. The maximum Gasteiger partial charge on any atom is 0.270 e. The topological polar surface area (TPSA) is 66.7 Å². The Morgan fingerprint density at radius 2 is 2.08 bits per heavy atom. The van der Waals surface area contributed by atoms with Crippen LogP contribution < -0.4 is 10.9 Å². The molecule has 3 rings (SSSR count). The van der Waals surface area contributed by atoms with Crippen LogP contribution in [-0.4, -0.2) is 46.4 Å². The Bertz CT molecular complexity index is 754. The Balaban J connectivity index is 0.00000208. The van der Waals surface area contributed by atoms with Crippen molar-refractivity contribution in [3.8, 4) is 0 Å². The van der Waals surface area contributed by atoms with Gasteiger partial charge in [-0.05, 0) is 44.0 Å². The Kier molecular flexibility index (Phi) is 6.34. The molecular formula is C17H23ClN4O2. The van der Waals surface area contributed by atoms with Gasteiger partial charge in [0.1, 0.15) is 11.2 Å². The summed E-state index contributed by atoms with van der Waals surface area (Å²) in [6.45, 7) is 5.47. The van der Waals surface area contributed by atoms with Crippen molar-refractivity contribution < 1.29 is 4.79 Å². The number of likely N-dealkylation sites (tertiary alicyclic amines) is 1. The van der Waals surface area contributed by atoms with E-state index in [2.05, 4.69) is 17.2 Å². The van der Waals surface area contributed by atoms with Crippen LogP contribution in [-0.2, 0) is 0 Å². The van der Waals surface area contributed by atoms with Crippen molar-refractivity contribution in [1.29, 1.82) is 0 Å². The highest BCUT2D eigenvalue weighted by Gasteiger charge is 2.25. The SMILES string of the molecule is CCNCC1CCN(C(=O)c2cnc3ccccn3c2=O)CC1.Cl. The van der Waals surface area contributed by atoms with Crippen molar-refractivity contribution >= 4 is 24.0 Å². The number of pyridine rings is 1. The van der Waals surface area contributed by atoms with Crippen molar-refractivity contribution in [3.63, 3.8) is 0 Å². The van der Waals surface area contributed by atoms with Gasteiger partial charge in [-0.25, -0.2) is 4.98 Å². The number of aromatic nitrogens is 2. The first-order valence-corrected chi connectivity index (χ1v) is 8.17. The molecule has 1 fully saturated rings. The van der Waals surface area contributed by atoms with Gasteiger partial charge in [0.25, 0.3) is 11.5 Å². The van der Waals surface area contributed by atoms with Gasteiger partial charge in [-0.15, -0.1) is 12.4 Å². The van der Waals surface area contributed by atoms with Crippen LogP contribution in [0.2, 0.25) is 0 Å². The zero-order valence-corrected chi connectivity index (χ0v) is 14.6. The second kappa shape index (κ2) is 8.26. The highest BCUT2D eigenvalue weighted by Crippen LogP contribution is 2.17. The smallest absolute Gasteiger partial charge is 0.270 e. The molecule has 0 bridgehead atoms. The molecule has 6 nitrogen and oxygen atoms in total. The number of hydrogen-bond acceptors (Lipinski definition) is 4. The standard InChI is InChI=1S/C17H22N4O2.ClH/c1-2-18-11-13-6-9-20(10-7-13)16(22)14-12-19-15-5-3-4-8-21(15)17(14)23;/h3-5,8,12-13,18H,2,6-7,9-11H2,1H3;1H. The lowest BCUT2D eigenvalue weighted by atomic mass is 9.96. The van der Waals surface area contributed by atoms with Crippen LogP contribution in [0.25, 0.3) is 5.65 Å². The lowest BCUT2D eigenvalue weighted by molar-refractivity contribution is 0.0688. The molecule has 24 heavy (non-hydrogen) atoms. The number of carbonyl (C=O) groups excluding carboxylic acids is 1. The third-order valence-electron chi connectivity index (χ3n) is 4.43. The summed E-state index contributed by atoms with van der Waals surface area (Å²) in [4.78, 5) is 31.1. The van der Waals surface area contributed by atoms with Gasteiger partial charge < -0.3 is 10.2 Å². The van der Waals surface area contributed by atoms with E-state index in [9.17, 15) is 9.59 Å². The van der Waals surface area contributed by atoms with Crippen LogP contribution in [0.5, 0.6) is 0 Å². The van der Waals surface area contributed by atoms with Crippen LogP contribution in [0.15, 0.2) is 35.4 Å². The van der Waals surface area contributed by atoms with Crippen molar-refractivity contribution in [1.82, 2.24) is 19.6 Å². The third-order valence-corrected chi connectivity index (χ3v) is 4.43. The summed E-state index contributed by atoms with van der Waals surface area (Å²) < 4.78 is 1.42. The molecule has 1 amide bonds. The molecule has 1 aliphatic heterocycles. The Labute approximate surface area is 147 Å². The summed E-state index contributed by atoms with van der Waals surface area (Å²) in [7, 11) is 0. The number of nitrogens with zero attached hydrogens (tertiary/aromatic N) is 3. The van der Waals surface area contributed by atoms with Crippen LogP contribution in [0, 0.1) is 5.92 Å². The normalized spacial score (nSPS) is 15.3. The van der Waals surface area contributed by atoms with Gasteiger partial charge in [0.05, 0.1) is 0 Å². The highest BCUT2D eigenvalue weighted by molar-refractivity contribution is 5.93. The van der Waals surface area contributed by atoms with E-state index in [0.29, 0.717) is 24.7 Å². The van der Waals surface area contributed by atoms with E-state index in [1.165, 1.54) is 10.6 Å². The van der Waals surface area contributed by atoms with E-state index >= 15 is 0 Å². The van der Waals surface area contributed by atoms with Gasteiger partial charge in [0.2, 0.25) is 0 Å². The fourth-order valence-corrected chi connectivity index (χ4v) is 3.03. The number of carbonyl (C=O) groups is 1. The number of rotatable bonds is 4. The predicted octanol–water partition coefficient (Wildman–Crippen LogP) is 1.58. The summed E-state index contributed by atoms with van der Waals surface area (Å²) in [5.74, 6) is 0.400. The van der Waals surface area contributed by atoms with Gasteiger partial charge in [-0.2, -0.15) is 0 Å². The minimum atomic E-state index is -0.296. The molecule has 2 aromatic heterocycles. The van der Waals surface area contributed by atoms with E-state index < -0.39 is 0 Å². The van der Waals surface area contributed by atoms with E-state index in [1.54, 1.807) is 23.2 Å². The Hall–Kier alpha value is -1.92. The molecule has 1 aliphatic rings. The van der Waals surface area contributed by atoms with Crippen LogP contribution in [0.4, 0.5) is 0 Å². The van der Waals surface area contributed by atoms with Crippen LogP contribution in [0.3, 0.4) is 0 Å². The second-order valence-corrected chi connectivity index (χ2v) is 5.95. The van der Waals surface area contributed by atoms with E-state index in [1.807, 2.05) is 6.07 Å². The summed E-state index contributed by atoms with van der Waals surface area (Å²) >= 11 is 0. The molecular weight excluding hydrogens is 328 g/mol. The van der Waals surface area contributed by atoms with E-state index in [-0.39, 0.29) is 29.4 Å². The molecule has 7 heteroatoms. The fraction of sp³-hybridized carbons (Fsp3) is 0.471. The fourth-order valence-electron chi connectivity index (χ4n) is 3.03. The van der Waals surface area contributed by atoms with Gasteiger partial charge in [0, 0.05) is 25.5 Å². The number of hydrogen-bond donors (Lipinski definition) is 1. The Morgan fingerprint density at radius 1 is 1.33 bits per heavy atom. The molecule has 0 aliphatic carbocycles. The minimum Gasteiger partial charge on any atom is -0.338 e. The third kappa shape index (κ3) is 3.76.